The van der Waals surface area contributed by atoms with Crippen LogP contribution in [0.5, 0.6) is 0 Å². The lowest BCUT2D eigenvalue weighted by atomic mass is 10.0. The van der Waals surface area contributed by atoms with Crippen LogP contribution in [-0.2, 0) is 14.4 Å². The number of ether oxygens (including phenoxy) is 1. The molecule has 0 spiro atoms. The number of imide groups is 1. The highest BCUT2D eigenvalue weighted by molar-refractivity contribution is 5.93. The number of amides is 2. The van der Waals surface area contributed by atoms with E-state index in [-0.39, 0.29) is 5.92 Å². The van der Waals surface area contributed by atoms with Gasteiger partial charge in [0, 0.05) is 0 Å². The molecule has 0 radical (unpaired) electrons. The number of carbonyl (C=O) groups is 2. The Labute approximate surface area is 115 Å². The minimum Gasteiger partial charge on any atom is -0.442 e. The van der Waals surface area contributed by atoms with Crippen LogP contribution < -0.4 is 5.73 Å². The first-order valence-corrected chi connectivity index (χ1v) is 6.51. The zero-order valence-corrected chi connectivity index (χ0v) is 12.7. The van der Waals surface area contributed by atoms with Crippen LogP contribution in [0.3, 0.4) is 0 Å². The molecule has 19 heavy (non-hydrogen) atoms. The molecule has 0 heterocycles. The van der Waals surface area contributed by atoms with Crippen molar-refractivity contribution in [2.24, 2.45) is 11.7 Å². The zero-order valence-electron chi connectivity index (χ0n) is 12.7. The van der Waals surface area contributed by atoms with E-state index in [0.29, 0.717) is 17.9 Å². The normalized spacial score (nSPS) is 13.3. The first-order chi connectivity index (χ1) is 8.64. The van der Waals surface area contributed by atoms with E-state index in [2.05, 4.69) is 0 Å². The molecule has 6 heteroatoms. The first kappa shape index (κ1) is 17.9. The Hall–Kier alpha value is -1.14. The molecule has 0 saturated carbocycles. The predicted molar refractivity (Wildman–Crippen MR) is 72.1 cm³/mol. The summed E-state index contributed by atoms with van der Waals surface area (Å²) in [5, 5.41) is 0.588. The molecule has 0 aromatic carbocycles. The van der Waals surface area contributed by atoms with Crippen LogP contribution in [0.25, 0.3) is 0 Å². The molecule has 112 valence electrons. The van der Waals surface area contributed by atoms with E-state index >= 15 is 0 Å². The maximum atomic E-state index is 12.0. The first-order valence-electron chi connectivity index (χ1n) is 6.51. The maximum Gasteiger partial charge on any atom is 0.442 e. The van der Waals surface area contributed by atoms with Crippen molar-refractivity contribution in [2.45, 2.75) is 59.1 Å². The summed E-state index contributed by atoms with van der Waals surface area (Å²) in [5.41, 5.74) is 5.09. The Bertz CT molecular complexity index is 316. The van der Waals surface area contributed by atoms with Gasteiger partial charge in [0.1, 0.15) is 5.60 Å². The van der Waals surface area contributed by atoms with E-state index in [1.807, 2.05) is 20.8 Å². The second kappa shape index (κ2) is 7.45. The molecule has 0 aromatic rings. The maximum absolute atomic E-state index is 12.0. The van der Waals surface area contributed by atoms with Gasteiger partial charge in [-0.1, -0.05) is 20.8 Å². The third-order valence-corrected chi connectivity index (χ3v) is 2.81. The third kappa shape index (κ3) is 6.02. The Morgan fingerprint density at radius 3 is 2.21 bits per heavy atom. The molecule has 1 atom stereocenters. The Balaban J connectivity index is 4.73. The Morgan fingerprint density at radius 2 is 1.84 bits per heavy atom. The minimum absolute atomic E-state index is 0.251. The van der Waals surface area contributed by atoms with Crippen LogP contribution in [0.4, 0.5) is 4.79 Å². The predicted octanol–water partition coefficient (Wildman–Crippen LogP) is 2.07. The fraction of sp³-hybridized carbons (Fsp3) is 0.846. The van der Waals surface area contributed by atoms with Gasteiger partial charge in [0.2, 0.25) is 0 Å². The lowest BCUT2D eigenvalue weighted by Crippen LogP contribution is -2.48. The summed E-state index contributed by atoms with van der Waals surface area (Å²) in [4.78, 5) is 28.7. The fourth-order valence-corrected chi connectivity index (χ4v) is 1.36. The van der Waals surface area contributed by atoms with E-state index in [4.69, 9.17) is 15.3 Å². The van der Waals surface area contributed by atoms with Gasteiger partial charge in [0.25, 0.3) is 5.91 Å². The van der Waals surface area contributed by atoms with Gasteiger partial charge in [-0.25, -0.2) is 4.79 Å². The van der Waals surface area contributed by atoms with Gasteiger partial charge in [-0.05, 0) is 32.6 Å². The molecule has 0 aliphatic rings. The lowest BCUT2D eigenvalue weighted by molar-refractivity contribution is -0.171. The molecular weight excluding hydrogens is 248 g/mol. The minimum atomic E-state index is -0.835. The number of nitrogens with zero attached hydrogens (tertiary/aromatic N) is 1. The summed E-state index contributed by atoms with van der Waals surface area (Å²) in [5.74, 6) is -0.339. The van der Waals surface area contributed by atoms with Crippen molar-refractivity contribution >= 4 is 12.0 Å². The van der Waals surface area contributed by atoms with Crippen molar-refractivity contribution in [3.63, 3.8) is 0 Å². The number of rotatable bonds is 6. The van der Waals surface area contributed by atoms with E-state index in [1.54, 1.807) is 13.8 Å². The van der Waals surface area contributed by atoms with Crippen molar-refractivity contribution in [2.75, 3.05) is 7.11 Å². The number of hydrogen-bond donors (Lipinski definition) is 1. The molecule has 2 amide bonds. The van der Waals surface area contributed by atoms with Crippen molar-refractivity contribution in [1.29, 1.82) is 0 Å². The molecule has 0 aliphatic carbocycles. The summed E-state index contributed by atoms with van der Waals surface area (Å²) in [7, 11) is 1.24. The van der Waals surface area contributed by atoms with E-state index < -0.39 is 23.6 Å². The monoisotopic (exact) mass is 274 g/mol. The quantitative estimate of drug-likeness (QED) is 0.750. The van der Waals surface area contributed by atoms with Crippen molar-refractivity contribution < 1.29 is 19.2 Å². The van der Waals surface area contributed by atoms with E-state index in [1.165, 1.54) is 7.11 Å². The zero-order chi connectivity index (χ0) is 15.2. The number of nitrogens with two attached hydrogens (primary N) is 1. The highest BCUT2D eigenvalue weighted by Gasteiger charge is 2.32. The van der Waals surface area contributed by atoms with Crippen LogP contribution in [-0.4, -0.2) is 35.8 Å². The average Bonchev–Trinajstić information content (AvgIpc) is 2.28. The lowest BCUT2D eigenvalue weighted by Gasteiger charge is -2.28. The van der Waals surface area contributed by atoms with Gasteiger partial charge >= 0.3 is 6.09 Å². The summed E-state index contributed by atoms with van der Waals surface area (Å²) in [6.45, 7) is 9.30. The molecule has 0 aromatic heterocycles. The second-order valence-corrected chi connectivity index (χ2v) is 5.53. The van der Waals surface area contributed by atoms with Gasteiger partial charge in [0.15, 0.2) is 0 Å². The van der Waals surface area contributed by atoms with E-state index in [0.717, 1.165) is 0 Å². The SMILES string of the molecule is CCC(C)(C)OC(=O)N(OC)C(=O)[C@@H](N)CC(C)C. The van der Waals surface area contributed by atoms with Crippen LogP contribution in [0.1, 0.15) is 47.5 Å². The van der Waals surface area contributed by atoms with Crippen molar-refractivity contribution in [3.8, 4) is 0 Å². The van der Waals surface area contributed by atoms with Crippen molar-refractivity contribution in [3.05, 3.63) is 0 Å². The van der Waals surface area contributed by atoms with Gasteiger partial charge in [0.05, 0.1) is 13.2 Å². The topological polar surface area (TPSA) is 81.9 Å². The molecule has 0 fully saturated rings. The largest absolute Gasteiger partial charge is 0.442 e. The van der Waals surface area contributed by atoms with Gasteiger partial charge in [-0.3, -0.25) is 9.63 Å². The highest BCUT2D eigenvalue weighted by Crippen LogP contribution is 2.16. The molecule has 0 rings (SSSR count). The Kier molecular flexibility index (Phi) is 7.00. The van der Waals surface area contributed by atoms with Gasteiger partial charge in [-0.2, -0.15) is 0 Å². The summed E-state index contributed by atoms with van der Waals surface area (Å²) in [6.07, 6.45) is 0.268. The van der Waals surface area contributed by atoms with Crippen LogP contribution in [0, 0.1) is 5.92 Å². The van der Waals surface area contributed by atoms with Gasteiger partial charge < -0.3 is 10.5 Å². The second-order valence-electron chi connectivity index (χ2n) is 5.53. The van der Waals surface area contributed by atoms with Crippen LogP contribution in [0.15, 0.2) is 0 Å². The van der Waals surface area contributed by atoms with Gasteiger partial charge in [-0.15, -0.1) is 5.06 Å². The number of hydroxylamine groups is 2. The highest BCUT2D eigenvalue weighted by atomic mass is 16.7. The fourth-order valence-electron chi connectivity index (χ4n) is 1.36. The molecular formula is C13H26N2O4. The summed E-state index contributed by atoms with van der Waals surface area (Å²) in [6, 6.07) is -0.780. The summed E-state index contributed by atoms with van der Waals surface area (Å²) < 4.78 is 5.20. The molecule has 0 unspecified atom stereocenters. The van der Waals surface area contributed by atoms with Crippen LogP contribution in [0.2, 0.25) is 0 Å². The number of hydrogen-bond acceptors (Lipinski definition) is 5. The summed E-state index contributed by atoms with van der Waals surface area (Å²) >= 11 is 0. The average molecular weight is 274 g/mol. The van der Waals surface area contributed by atoms with Crippen molar-refractivity contribution in [1.82, 2.24) is 5.06 Å². The van der Waals surface area contributed by atoms with E-state index in [9.17, 15) is 9.59 Å². The molecule has 6 nitrogen and oxygen atoms in total. The molecule has 2 N–H and O–H groups in total. The number of carbonyl (C=O) groups excluding carboxylic acids is 2. The molecule has 0 saturated heterocycles. The van der Waals surface area contributed by atoms with Crippen LogP contribution >= 0.6 is 0 Å². The standard InChI is InChI=1S/C13H26N2O4/c1-7-13(4,5)19-12(17)15(18-6)11(16)10(14)8-9(2)3/h9-10H,7-8,14H2,1-6H3/t10-/m0/s1. The Morgan fingerprint density at radius 1 is 1.32 bits per heavy atom. The smallest absolute Gasteiger partial charge is 0.442 e. The third-order valence-electron chi connectivity index (χ3n) is 2.81. The molecule has 0 bridgehead atoms. The molecule has 0 aliphatic heterocycles.